The number of primary amides is 1. The lowest BCUT2D eigenvalue weighted by atomic mass is 9.55. The van der Waals surface area contributed by atoms with E-state index in [0.717, 1.165) is 5.92 Å². The molecular weight excluding hydrogens is 150 g/mol. The molecule has 0 heterocycles. The van der Waals surface area contributed by atoms with Crippen LogP contribution in [0.4, 0.5) is 0 Å². The molecule has 0 saturated heterocycles. The van der Waals surface area contributed by atoms with Gasteiger partial charge in [-0.1, -0.05) is 6.92 Å². The minimum Gasteiger partial charge on any atom is -0.369 e. The van der Waals surface area contributed by atoms with E-state index in [1.165, 1.54) is 19.3 Å². The van der Waals surface area contributed by atoms with E-state index in [1.54, 1.807) is 0 Å². The van der Waals surface area contributed by atoms with Crippen molar-refractivity contribution in [2.45, 2.75) is 26.2 Å². The van der Waals surface area contributed by atoms with Gasteiger partial charge in [-0.3, -0.25) is 4.79 Å². The quantitative estimate of drug-likeness (QED) is 0.622. The summed E-state index contributed by atoms with van der Waals surface area (Å²) in [5.74, 6) is 2.49. The molecule has 4 rings (SSSR count). The molecule has 2 nitrogen and oxygen atoms in total. The van der Waals surface area contributed by atoms with Crippen LogP contribution in [0.1, 0.15) is 26.2 Å². The lowest BCUT2D eigenvalue weighted by molar-refractivity contribution is -0.120. The number of nitrogens with two attached hydrogens (primary N) is 1. The smallest absolute Gasteiger partial charge is 0.221 e. The number of carbonyl (C=O) groups excluding carboxylic acids is 1. The number of rotatable bonds is 1. The van der Waals surface area contributed by atoms with Crippen molar-refractivity contribution in [3.8, 4) is 0 Å². The summed E-state index contributed by atoms with van der Waals surface area (Å²) in [5.41, 5.74) is 5.87. The molecule has 3 unspecified atom stereocenters. The molecule has 3 atom stereocenters. The maximum absolute atomic E-state index is 11.1. The number of hydrogen-bond donors (Lipinski definition) is 1. The zero-order valence-corrected chi connectivity index (χ0v) is 7.42. The molecule has 0 aromatic rings. The summed E-state index contributed by atoms with van der Waals surface area (Å²) < 4.78 is 0. The van der Waals surface area contributed by atoms with Crippen LogP contribution in [-0.4, -0.2) is 5.91 Å². The molecule has 4 aliphatic carbocycles. The Morgan fingerprint density at radius 2 is 2.17 bits per heavy atom. The third kappa shape index (κ3) is 0.606. The van der Waals surface area contributed by atoms with Crippen LogP contribution in [0.5, 0.6) is 0 Å². The van der Waals surface area contributed by atoms with Crippen LogP contribution in [0.3, 0.4) is 0 Å². The van der Waals surface area contributed by atoms with E-state index in [-0.39, 0.29) is 11.8 Å². The summed E-state index contributed by atoms with van der Waals surface area (Å²) in [5, 5.41) is 0. The van der Waals surface area contributed by atoms with Crippen molar-refractivity contribution < 1.29 is 4.79 Å². The zero-order valence-electron chi connectivity index (χ0n) is 7.42. The molecule has 1 amide bonds. The first-order chi connectivity index (χ1) is 5.62. The summed E-state index contributed by atoms with van der Waals surface area (Å²) >= 11 is 0. The molecule has 0 aromatic heterocycles. The zero-order chi connectivity index (χ0) is 8.51. The fraction of sp³-hybridized carbons (Fsp3) is 0.900. The molecule has 12 heavy (non-hydrogen) atoms. The predicted molar refractivity (Wildman–Crippen MR) is 45.1 cm³/mol. The van der Waals surface area contributed by atoms with Crippen LogP contribution in [0.2, 0.25) is 0 Å². The van der Waals surface area contributed by atoms with Crippen LogP contribution < -0.4 is 5.73 Å². The molecule has 2 heteroatoms. The summed E-state index contributed by atoms with van der Waals surface area (Å²) in [6.45, 7) is 2.34. The van der Waals surface area contributed by atoms with Gasteiger partial charge < -0.3 is 5.73 Å². The van der Waals surface area contributed by atoms with E-state index in [1.807, 2.05) is 0 Å². The maximum Gasteiger partial charge on any atom is 0.221 e. The Morgan fingerprint density at radius 3 is 2.67 bits per heavy atom. The summed E-state index contributed by atoms with van der Waals surface area (Å²) in [6, 6.07) is 0. The number of amides is 1. The fourth-order valence-electron chi connectivity index (χ4n) is 4.09. The van der Waals surface area contributed by atoms with E-state index < -0.39 is 0 Å². The Bertz CT molecular complexity index is 255. The van der Waals surface area contributed by atoms with Crippen LogP contribution in [0.25, 0.3) is 0 Å². The highest BCUT2D eigenvalue weighted by atomic mass is 16.1. The average molecular weight is 165 g/mol. The average Bonchev–Trinajstić information content (AvgIpc) is 2.59. The molecule has 66 valence electrons. The second-order valence-electron chi connectivity index (χ2n) is 5.28. The van der Waals surface area contributed by atoms with Crippen molar-refractivity contribution in [1.82, 2.24) is 0 Å². The largest absolute Gasteiger partial charge is 0.369 e. The van der Waals surface area contributed by atoms with Gasteiger partial charge >= 0.3 is 0 Å². The summed E-state index contributed by atoms with van der Waals surface area (Å²) in [4.78, 5) is 11.1. The minimum absolute atomic E-state index is 0.0428. The normalized spacial score (nSPS) is 60.1. The van der Waals surface area contributed by atoms with E-state index >= 15 is 0 Å². The first-order valence-electron chi connectivity index (χ1n) is 4.91. The topological polar surface area (TPSA) is 43.1 Å². The van der Waals surface area contributed by atoms with Gasteiger partial charge in [0.05, 0.1) is 0 Å². The third-order valence-corrected chi connectivity index (χ3v) is 4.42. The van der Waals surface area contributed by atoms with Crippen molar-refractivity contribution in [1.29, 1.82) is 0 Å². The standard InChI is InChI=1S/C10H15NO/c1-10-3-5(4-10)2-6-7(8(6)10)9(11)12/h5-8H,2-4H2,1H3,(H2,11,12). The van der Waals surface area contributed by atoms with Gasteiger partial charge in [0.2, 0.25) is 5.91 Å². The molecule has 2 N–H and O–H groups in total. The van der Waals surface area contributed by atoms with E-state index in [4.69, 9.17) is 5.73 Å². The second kappa shape index (κ2) is 1.70. The fourth-order valence-corrected chi connectivity index (χ4v) is 4.09. The molecule has 0 spiro atoms. The molecule has 0 radical (unpaired) electrons. The van der Waals surface area contributed by atoms with Crippen molar-refractivity contribution in [3.63, 3.8) is 0 Å². The lowest BCUT2D eigenvalue weighted by Crippen LogP contribution is -2.41. The summed E-state index contributed by atoms with van der Waals surface area (Å²) in [6.07, 6.45) is 4.00. The van der Waals surface area contributed by atoms with E-state index in [9.17, 15) is 4.79 Å². The van der Waals surface area contributed by atoms with Gasteiger partial charge in [0.1, 0.15) is 0 Å². The highest BCUT2D eigenvalue weighted by molar-refractivity contribution is 5.80. The minimum atomic E-state index is -0.0428. The number of carbonyl (C=O) groups is 1. The molecule has 0 aromatic carbocycles. The van der Waals surface area contributed by atoms with Crippen molar-refractivity contribution in [2.75, 3.05) is 0 Å². The molecule has 0 aliphatic heterocycles. The van der Waals surface area contributed by atoms with Crippen LogP contribution in [0.15, 0.2) is 0 Å². The van der Waals surface area contributed by atoms with Crippen molar-refractivity contribution >= 4 is 5.91 Å². The third-order valence-electron chi connectivity index (χ3n) is 4.42. The predicted octanol–water partition coefficient (Wildman–Crippen LogP) is 1.15. The Hall–Kier alpha value is -0.530. The van der Waals surface area contributed by atoms with Gasteiger partial charge in [0, 0.05) is 5.92 Å². The Balaban J connectivity index is 1.87. The van der Waals surface area contributed by atoms with Crippen LogP contribution >= 0.6 is 0 Å². The van der Waals surface area contributed by atoms with E-state index in [0.29, 0.717) is 17.3 Å². The summed E-state index contributed by atoms with van der Waals surface area (Å²) in [7, 11) is 0. The highest BCUT2D eigenvalue weighted by Gasteiger charge is 2.69. The second-order valence-corrected chi connectivity index (χ2v) is 5.28. The Kier molecular flexibility index (Phi) is 0.984. The molecule has 4 saturated carbocycles. The first-order valence-corrected chi connectivity index (χ1v) is 4.91. The Labute approximate surface area is 72.5 Å². The lowest BCUT2D eigenvalue weighted by Gasteiger charge is -2.50. The molecule has 4 fully saturated rings. The van der Waals surface area contributed by atoms with Gasteiger partial charge in [0.15, 0.2) is 0 Å². The van der Waals surface area contributed by atoms with Crippen molar-refractivity contribution in [2.24, 2.45) is 34.8 Å². The first kappa shape index (κ1) is 6.93. The number of hydrogen-bond acceptors (Lipinski definition) is 1. The van der Waals surface area contributed by atoms with Crippen LogP contribution in [0, 0.1) is 29.1 Å². The molecular formula is C10H15NO. The van der Waals surface area contributed by atoms with Gasteiger partial charge in [-0.15, -0.1) is 0 Å². The van der Waals surface area contributed by atoms with E-state index in [2.05, 4.69) is 6.92 Å². The SMILES string of the molecule is CC12CC(CC3C(C(N)=O)C31)C2. The van der Waals surface area contributed by atoms with Gasteiger partial charge in [-0.05, 0) is 42.4 Å². The Morgan fingerprint density at radius 1 is 1.50 bits per heavy atom. The van der Waals surface area contributed by atoms with Gasteiger partial charge in [0.25, 0.3) is 0 Å². The van der Waals surface area contributed by atoms with Crippen LogP contribution in [-0.2, 0) is 4.79 Å². The highest BCUT2D eigenvalue weighted by Crippen LogP contribution is 2.73. The maximum atomic E-state index is 11.1. The molecule has 2 bridgehead atoms. The molecule has 4 aliphatic rings. The van der Waals surface area contributed by atoms with Gasteiger partial charge in [-0.2, -0.15) is 0 Å². The monoisotopic (exact) mass is 165 g/mol. The van der Waals surface area contributed by atoms with Crippen molar-refractivity contribution in [3.05, 3.63) is 0 Å². The van der Waals surface area contributed by atoms with Gasteiger partial charge in [-0.25, -0.2) is 0 Å².